The zero-order valence-corrected chi connectivity index (χ0v) is 13.1. The molecule has 2 aromatic rings. The maximum absolute atomic E-state index is 6.08. The number of hydrogen-bond donors (Lipinski definition) is 1. The van der Waals surface area contributed by atoms with Crippen molar-refractivity contribution in [2.75, 3.05) is 13.6 Å². The zero-order valence-electron chi connectivity index (χ0n) is 10.7. The highest BCUT2D eigenvalue weighted by molar-refractivity contribution is 9.10. The Bertz CT molecular complexity index is 545. The summed E-state index contributed by atoms with van der Waals surface area (Å²) in [6, 6.07) is 10.2. The van der Waals surface area contributed by atoms with E-state index in [0.717, 1.165) is 22.5 Å². The second-order valence-corrected chi connectivity index (χ2v) is 5.88. The van der Waals surface area contributed by atoms with Crippen LogP contribution in [0, 0.1) is 0 Å². The Labute approximate surface area is 127 Å². The Morgan fingerprint density at radius 1 is 1.32 bits per heavy atom. The number of pyridine rings is 1. The third kappa shape index (κ3) is 4.30. The molecule has 0 spiro atoms. The zero-order chi connectivity index (χ0) is 13.7. The summed E-state index contributed by atoms with van der Waals surface area (Å²) in [7, 11) is 1.97. The molecule has 1 unspecified atom stereocenters. The fraction of sp³-hybridized carbons (Fsp3) is 0.267. The van der Waals surface area contributed by atoms with Crippen LogP contribution in [0.25, 0.3) is 0 Å². The third-order valence-electron chi connectivity index (χ3n) is 3.01. The van der Waals surface area contributed by atoms with Crippen LogP contribution in [-0.2, 0) is 6.42 Å². The summed E-state index contributed by atoms with van der Waals surface area (Å²) in [6.07, 6.45) is 4.65. The molecule has 2 nitrogen and oxygen atoms in total. The predicted molar refractivity (Wildman–Crippen MR) is 83.8 cm³/mol. The second-order valence-electron chi connectivity index (χ2n) is 4.53. The lowest BCUT2D eigenvalue weighted by molar-refractivity contribution is 0.624. The van der Waals surface area contributed by atoms with Gasteiger partial charge in [-0.2, -0.15) is 0 Å². The molecule has 0 saturated heterocycles. The van der Waals surface area contributed by atoms with Gasteiger partial charge < -0.3 is 5.32 Å². The van der Waals surface area contributed by atoms with Crippen molar-refractivity contribution < 1.29 is 0 Å². The Morgan fingerprint density at radius 3 is 2.84 bits per heavy atom. The summed E-state index contributed by atoms with van der Waals surface area (Å²) in [4.78, 5) is 4.22. The van der Waals surface area contributed by atoms with Gasteiger partial charge in [0.1, 0.15) is 0 Å². The van der Waals surface area contributed by atoms with E-state index in [9.17, 15) is 0 Å². The van der Waals surface area contributed by atoms with Gasteiger partial charge in [0.05, 0.1) is 0 Å². The van der Waals surface area contributed by atoms with E-state index in [2.05, 4.69) is 38.4 Å². The lowest BCUT2D eigenvalue weighted by atomic mass is 9.92. The summed E-state index contributed by atoms with van der Waals surface area (Å²) in [5.41, 5.74) is 2.47. The Hall–Kier alpha value is -0.900. The van der Waals surface area contributed by atoms with Crippen LogP contribution in [0.2, 0.25) is 5.02 Å². The van der Waals surface area contributed by atoms with Gasteiger partial charge in [-0.25, -0.2) is 0 Å². The van der Waals surface area contributed by atoms with Crippen LogP contribution in [0.5, 0.6) is 0 Å². The molecule has 2 rings (SSSR count). The van der Waals surface area contributed by atoms with Crippen LogP contribution in [0.3, 0.4) is 0 Å². The second kappa shape index (κ2) is 7.04. The molecule has 19 heavy (non-hydrogen) atoms. The molecular formula is C15H16BrClN2. The number of aromatic nitrogens is 1. The van der Waals surface area contributed by atoms with Crippen molar-refractivity contribution in [1.82, 2.24) is 10.3 Å². The minimum Gasteiger partial charge on any atom is -0.319 e. The van der Waals surface area contributed by atoms with Crippen molar-refractivity contribution >= 4 is 27.5 Å². The Balaban J connectivity index is 2.21. The molecule has 1 heterocycles. The fourth-order valence-electron chi connectivity index (χ4n) is 2.17. The van der Waals surface area contributed by atoms with Crippen molar-refractivity contribution in [3.8, 4) is 0 Å². The van der Waals surface area contributed by atoms with Crippen LogP contribution in [0.15, 0.2) is 47.2 Å². The lowest BCUT2D eigenvalue weighted by Gasteiger charge is -2.17. The average Bonchev–Trinajstić information content (AvgIpc) is 2.38. The minimum absolute atomic E-state index is 0.389. The summed E-state index contributed by atoms with van der Waals surface area (Å²) in [5, 5.41) is 4.03. The molecule has 4 heteroatoms. The van der Waals surface area contributed by atoms with Gasteiger partial charge in [0.25, 0.3) is 0 Å². The highest BCUT2D eigenvalue weighted by Crippen LogP contribution is 2.24. The first-order valence-corrected chi connectivity index (χ1v) is 7.35. The number of rotatable bonds is 5. The highest BCUT2D eigenvalue weighted by Gasteiger charge is 2.12. The first-order valence-electron chi connectivity index (χ1n) is 6.18. The van der Waals surface area contributed by atoms with E-state index in [0.29, 0.717) is 5.92 Å². The van der Waals surface area contributed by atoms with E-state index in [4.69, 9.17) is 11.6 Å². The van der Waals surface area contributed by atoms with E-state index in [1.54, 1.807) is 6.20 Å². The topological polar surface area (TPSA) is 24.9 Å². The molecule has 1 N–H and O–H groups in total. The molecule has 0 aliphatic heterocycles. The molecule has 100 valence electrons. The fourth-order valence-corrected chi connectivity index (χ4v) is 2.78. The van der Waals surface area contributed by atoms with E-state index >= 15 is 0 Å². The number of hydrogen-bond acceptors (Lipinski definition) is 2. The van der Waals surface area contributed by atoms with Gasteiger partial charge in [0.15, 0.2) is 0 Å². The normalized spacial score (nSPS) is 12.4. The van der Waals surface area contributed by atoms with Gasteiger partial charge in [0.2, 0.25) is 0 Å². The third-order valence-corrected chi connectivity index (χ3v) is 3.68. The van der Waals surface area contributed by atoms with Crippen LogP contribution < -0.4 is 5.32 Å². The molecule has 1 atom stereocenters. The molecular weight excluding hydrogens is 324 g/mol. The number of likely N-dealkylation sites (N-methyl/N-ethyl adjacent to an activating group) is 1. The molecule has 0 saturated carbocycles. The summed E-state index contributed by atoms with van der Waals surface area (Å²) in [5.74, 6) is 0.389. The highest BCUT2D eigenvalue weighted by atomic mass is 79.9. The largest absolute Gasteiger partial charge is 0.319 e. The minimum atomic E-state index is 0.389. The maximum Gasteiger partial charge on any atom is 0.0410 e. The summed E-state index contributed by atoms with van der Waals surface area (Å²) in [6.45, 7) is 0.910. The molecule has 0 fully saturated rings. The first-order chi connectivity index (χ1) is 9.19. The Morgan fingerprint density at radius 2 is 2.16 bits per heavy atom. The standard InChI is InChI=1S/C15H16BrClN2/c1-18-9-13(12-3-2-4-15(17)7-12)5-11-6-14(16)10-19-8-11/h2-4,6-8,10,13,18H,5,9H2,1H3. The van der Waals surface area contributed by atoms with E-state index in [-0.39, 0.29) is 0 Å². The van der Waals surface area contributed by atoms with Gasteiger partial charge in [-0.05, 0) is 58.7 Å². The first kappa shape index (κ1) is 14.5. The number of nitrogens with zero attached hydrogens (tertiary/aromatic N) is 1. The predicted octanol–water partition coefficient (Wildman–Crippen LogP) is 4.04. The molecule has 1 aromatic heterocycles. The SMILES string of the molecule is CNCC(Cc1cncc(Br)c1)c1cccc(Cl)c1. The molecule has 0 aliphatic carbocycles. The molecule has 1 aromatic carbocycles. The summed E-state index contributed by atoms with van der Waals surface area (Å²) < 4.78 is 1.01. The molecule has 0 amide bonds. The van der Waals surface area contributed by atoms with E-state index < -0.39 is 0 Å². The van der Waals surface area contributed by atoms with Crippen LogP contribution in [0.1, 0.15) is 17.0 Å². The van der Waals surface area contributed by atoms with Gasteiger partial charge in [-0.15, -0.1) is 0 Å². The van der Waals surface area contributed by atoms with Crippen molar-refractivity contribution in [2.24, 2.45) is 0 Å². The van der Waals surface area contributed by atoms with Gasteiger partial charge >= 0.3 is 0 Å². The van der Waals surface area contributed by atoms with Crippen LogP contribution in [-0.4, -0.2) is 18.6 Å². The van der Waals surface area contributed by atoms with E-state index in [1.165, 1.54) is 11.1 Å². The summed E-state index contributed by atoms with van der Waals surface area (Å²) >= 11 is 9.54. The smallest absolute Gasteiger partial charge is 0.0410 e. The van der Waals surface area contributed by atoms with Gasteiger partial charge in [0, 0.05) is 34.4 Å². The van der Waals surface area contributed by atoms with Gasteiger partial charge in [-0.1, -0.05) is 23.7 Å². The molecule has 0 bridgehead atoms. The van der Waals surface area contributed by atoms with Crippen molar-refractivity contribution in [1.29, 1.82) is 0 Å². The lowest BCUT2D eigenvalue weighted by Crippen LogP contribution is -2.19. The average molecular weight is 340 g/mol. The number of benzene rings is 1. The number of halogens is 2. The monoisotopic (exact) mass is 338 g/mol. The number of nitrogens with one attached hydrogen (secondary N) is 1. The maximum atomic E-state index is 6.08. The van der Waals surface area contributed by atoms with Crippen molar-refractivity contribution in [3.05, 3.63) is 63.3 Å². The Kier molecular flexibility index (Phi) is 5.37. The van der Waals surface area contributed by atoms with Crippen LogP contribution in [0.4, 0.5) is 0 Å². The van der Waals surface area contributed by atoms with Gasteiger partial charge in [-0.3, -0.25) is 4.98 Å². The van der Waals surface area contributed by atoms with Crippen molar-refractivity contribution in [2.45, 2.75) is 12.3 Å². The van der Waals surface area contributed by atoms with Crippen molar-refractivity contribution in [3.63, 3.8) is 0 Å². The van der Waals surface area contributed by atoms with E-state index in [1.807, 2.05) is 31.4 Å². The quantitative estimate of drug-likeness (QED) is 0.889. The molecule has 0 aliphatic rings. The molecule has 0 radical (unpaired) electrons. The van der Waals surface area contributed by atoms with Crippen LogP contribution >= 0.6 is 27.5 Å².